The molecule has 2 aromatic carbocycles. The monoisotopic (exact) mass is 463 g/mol. The molecule has 0 aliphatic carbocycles. The summed E-state index contributed by atoms with van der Waals surface area (Å²) < 4.78 is 65.6. The number of hydrogen-bond donors (Lipinski definition) is 3. The van der Waals surface area contributed by atoms with Crippen molar-refractivity contribution < 1.29 is 31.2 Å². The lowest BCUT2D eigenvalue weighted by molar-refractivity contribution is -0.137. The normalized spacial score (nSPS) is 11.6. The van der Waals surface area contributed by atoms with Gasteiger partial charge in [-0.15, -0.1) is 0 Å². The molecule has 0 radical (unpaired) electrons. The van der Waals surface area contributed by atoms with E-state index in [0.29, 0.717) is 12.6 Å². The van der Waals surface area contributed by atoms with E-state index in [0.717, 1.165) is 36.4 Å². The van der Waals surface area contributed by atoms with Crippen LogP contribution in [0.5, 0.6) is 0 Å². The van der Waals surface area contributed by atoms with E-state index in [1.807, 2.05) is 4.72 Å². The molecule has 0 fully saturated rings. The maximum absolute atomic E-state index is 12.8. The van der Waals surface area contributed by atoms with Crippen LogP contribution < -0.4 is 15.4 Å². The van der Waals surface area contributed by atoms with Crippen molar-refractivity contribution in [3.05, 3.63) is 58.6 Å². The van der Waals surface area contributed by atoms with Gasteiger partial charge in [-0.1, -0.05) is 17.7 Å². The van der Waals surface area contributed by atoms with Gasteiger partial charge in [-0.25, -0.2) is 8.42 Å². The van der Waals surface area contributed by atoms with Crippen molar-refractivity contribution >= 4 is 39.1 Å². The zero-order chi connectivity index (χ0) is 22.5. The van der Waals surface area contributed by atoms with Crippen LogP contribution in [-0.4, -0.2) is 33.3 Å². The number of rotatable bonds is 7. The first-order chi connectivity index (χ1) is 13.9. The van der Waals surface area contributed by atoms with Crippen molar-refractivity contribution in [1.29, 1.82) is 0 Å². The van der Waals surface area contributed by atoms with Gasteiger partial charge in [-0.05, 0) is 43.3 Å². The molecule has 30 heavy (non-hydrogen) atoms. The molecule has 2 rings (SSSR count). The van der Waals surface area contributed by atoms with Gasteiger partial charge in [0.25, 0.3) is 15.9 Å². The second-order valence-corrected chi connectivity index (χ2v) is 8.05. The van der Waals surface area contributed by atoms with Gasteiger partial charge in [0.2, 0.25) is 5.91 Å². The predicted molar refractivity (Wildman–Crippen MR) is 105 cm³/mol. The fourth-order valence-electron chi connectivity index (χ4n) is 2.33. The van der Waals surface area contributed by atoms with E-state index in [1.165, 1.54) is 0 Å². The van der Waals surface area contributed by atoms with Crippen LogP contribution in [0.15, 0.2) is 47.4 Å². The maximum Gasteiger partial charge on any atom is 0.416 e. The molecule has 0 saturated heterocycles. The maximum atomic E-state index is 12.8. The zero-order valence-electron chi connectivity index (χ0n) is 15.5. The van der Waals surface area contributed by atoms with E-state index in [-0.39, 0.29) is 22.8 Å². The molecule has 0 bridgehead atoms. The number of anilines is 1. The van der Waals surface area contributed by atoms with Crippen LogP contribution in [0.2, 0.25) is 5.02 Å². The summed E-state index contributed by atoms with van der Waals surface area (Å²) in [5.74, 6) is -1.24. The Morgan fingerprint density at radius 1 is 1.07 bits per heavy atom. The van der Waals surface area contributed by atoms with Gasteiger partial charge < -0.3 is 10.6 Å². The van der Waals surface area contributed by atoms with Crippen molar-refractivity contribution in [2.45, 2.75) is 18.0 Å². The number of likely N-dealkylation sites (N-methyl/N-ethyl adjacent to an activating group) is 1. The summed E-state index contributed by atoms with van der Waals surface area (Å²) in [6, 6.07) is 6.88. The smallest absolute Gasteiger partial charge is 0.355 e. The number of nitrogens with one attached hydrogen (secondary N) is 3. The molecule has 0 aliphatic rings. The van der Waals surface area contributed by atoms with Crippen LogP contribution >= 0.6 is 11.6 Å². The lowest BCUT2D eigenvalue weighted by Gasteiger charge is -2.13. The van der Waals surface area contributed by atoms with Crippen LogP contribution in [0, 0.1) is 0 Å². The molecule has 0 heterocycles. The number of carbonyl (C=O) groups is 2. The third-order valence-electron chi connectivity index (χ3n) is 3.72. The van der Waals surface area contributed by atoms with E-state index in [9.17, 15) is 31.2 Å². The predicted octanol–water partition coefficient (Wildman–Crippen LogP) is 3.03. The van der Waals surface area contributed by atoms with Gasteiger partial charge >= 0.3 is 6.18 Å². The summed E-state index contributed by atoms with van der Waals surface area (Å²) >= 11 is 5.95. The number of amides is 2. The molecule has 0 saturated carbocycles. The summed E-state index contributed by atoms with van der Waals surface area (Å²) in [4.78, 5) is 23.3. The summed E-state index contributed by atoms with van der Waals surface area (Å²) in [7, 11) is -4.32. The highest BCUT2D eigenvalue weighted by Gasteiger charge is 2.30. The average molecular weight is 464 g/mol. The number of sulfonamides is 1. The van der Waals surface area contributed by atoms with E-state index in [2.05, 4.69) is 10.6 Å². The third-order valence-corrected chi connectivity index (χ3v) is 5.43. The summed E-state index contributed by atoms with van der Waals surface area (Å²) in [6.07, 6.45) is -4.64. The first-order valence-electron chi connectivity index (χ1n) is 8.48. The van der Waals surface area contributed by atoms with Crippen molar-refractivity contribution in [2.75, 3.05) is 17.8 Å². The molecule has 12 heteroatoms. The molecule has 0 aromatic heterocycles. The quantitative estimate of drug-likeness (QED) is 0.587. The molecule has 3 N–H and O–H groups in total. The highest BCUT2D eigenvalue weighted by molar-refractivity contribution is 7.92. The SMILES string of the molecule is CCNC(=O)CNC(=O)c1cc(S(=O)(=O)Nc2cccc(C(F)(F)F)c2)ccc1Cl. The average Bonchev–Trinajstić information content (AvgIpc) is 2.65. The minimum atomic E-state index is -4.64. The Balaban J connectivity index is 2.25. The third kappa shape index (κ3) is 6.10. The highest BCUT2D eigenvalue weighted by atomic mass is 35.5. The largest absolute Gasteiger partial charge is 0.416 e. The Hall–Kier alpha value is -2.79. The summed E-state index contributed by atoms with van der Waals surface area (Å²) in [5.41, 5.74) is -1.54. The van der Waals surface area contributed by atoms with Crippen LogP contribution in [0.3, 0.4) is 0 Å². The van der Waals surface area contributed by atoms with Gasteiger partial charge in [0.05, 0.1) is 27.6 Å². The lowest BCUT2D eigenvalue weighted by atomic mass is 10.2. The lowest BCUT2D eigenvalue weighted by Crippen LogP contribution is -2.36. The Kier molecular flexibility index (Phi) is 7.32. The molecule has 0 aliphatic heterocycles. The summed E-state index contributed by atoms with van der Waals surface area (Å²) in [5, 5.41) is 4.71. The van der Waals surface area contributed by atoms with Crippen molar-refractivity contribution in [3.63, 3.8) is 0 Å². The van der Waals surface area contributed by atoms with Gasteiger partial charge in [0.1, 0.15) is 0 Å². The number of benzene rings is 2. The first-order valence-corrected chi connectivity index (χ1v) is 10.3. The summed E-state index contributed by atoms with van der Waals surface area (Å²) in [6.45, 7) is 1.72. The molecule has 2 amide bonds. The van der Waals surface area contributed by atoms with Crippen LogP contribution in [0.25, 0.3) is 0 Å². The fraction of sp³-hybridized carbons (Fsp3) is 0.222. The Bertz CT molecular complexity index is 1060. The Morgan fingerprint density at radius 3 is 2.40 bits per heavy atom. The van der Waals surface area contributed by atoms with Gasteiger partial charge in [-0.2, -0.15) is 13.2 Å². The standard InChI is InChI=1S/C18H17ClF3N3O4S/c1-2-23-16(26)10-24-17(27)14-9-13(6-7-15(14)19)30(28,29)25-12-5-3-4-11(8-12)18(20,21)22/h3-9,25H,2,10H2,1H3,(H,23,26)(H,24,27). The molecule has 0 atom stereocenters. The fourth-order valence-corrected chi connectivity index (χ4v) is 3.61. The Morgan fingerprint density at radius 2 is 1.77 bits per heavy atom. The first kappa shape index (κ1) is 23.5. The zero-order valence-corrected chi connectivity index (χ0v) is 17.1. The van der Waals surface area contributed by atoms with Gasteiger partial charge in [-0.3, -0.25) is 14.3 Å². The minimum absolute atomic E-state index is 0.0681. The van der Waals surface area contributed by atoms with Crippen LogP contribution in [-0.2, 0) is 21.0 Å². The van der Waals surface area contributed by atoms with E-state index >= 15 is 0 Å². The van der Waals surface area contributed by atoms with Gasteiger partial charge in [0.15, 0.2) is 0 Å². The number of halogens is 4. The molecule has 162 valence electrons. The van der Waals surface area contributed by atoms with E-state index < -0.39 is 38.5 Å². The van der Waals surface area contributed by atoms with Crippen LogP contribution in [0.4, 0.5) is 18.9 Å². The van der Waals surface area contributed by atoms with Crippen molar-refractivity contribution in [1.82, 2.24) is 10.6 Å². The molecule has 0 spiro atoms. The molecular weight excluding hydrogens is 447 g/mol. The second-order valence-electron chi connectivity index (χ2n) is 5.96. The molecule has 0 unspecified atom stereocenters. The van der Waals surface area contributed by atoms with E-state index in [4.69, 9.17) is 11.6 Å². The molecule has 7 nitrogen and oxygen atoms in total. The van der Waals surface area contributed by atoms with Gasteiger partial charge in [0, 0.05) is 12.2 Å². The van der Waals surface area contributed by atoms with Crippen molar-refractivity contribution in [3.8, 4) is 0 Å². The number of carbonyl (C=O) groups excluding carboxylic acids is 2. The van der Waals surface area contributed by atoms with E-state index in [1.54, 1.807) is 6.92 Å². The topological polar surface area (TPSA) is 104 Å². The number of hydrogen-bond acceptors (Lipinski definition) is 4. The Labute approximate surface area is 175 Å². The van der Waals surface area contributed by atoms with Crippen molar-refractivity contribution in [2.24, 2.45) is 0 Å². The second kappa shape index (κ2) is 9.35. The highest BCUT2D eigenvalue weighted by Crippen LogP contribution is 2.31. The van der Waals surface area contributed by atoms with Crippen LogP contribution in [0.1, 0.15) is 22.8 Å². The minimum Gasteiger partial charge on any atom is -0.355 e. The molecule has 2 aromatic rings. The number of alkyl halides is 3. The molecular formula is C18H17ClF3N3O4S.